The van der Waals surface area contributed by atoms with Gasteiger partial charge in [0.2, 0.25) is 10.0 Å². The predicted octanol–water partition coefficient (Wildman–Crippen LogP) is 0.426. The number of carbonyl (C=O) groups is 1. The summed E-state index contributed by atoms with van der Waals surface area (Å²) in [5, 5.41) is 18.6. The number of hydrogen-bond donors (Lipinski definition) is 2. The zero-order chi connectivity index (χ0) is 15.0. The second-order valence-electron chi connectivity index (χ2n) is 4.63. The summed E-state index contributed by atoms with van der Waals surface area (Å²) < 4.78 is 38.6. The van der Waals surface area contributed by atoms with E-state index in [1.54, 1.807) is 0 Å². The second-order valence-corrected chi connectivity index (χ2v) is 6.49. The van der Waals surface area contributed by atoms with Crippen LogP contribution in [0.3, 0.4) is 0 Å². The van der Waals surface area contributed by atoms with Gasteiger partial charge in [0.25, 0.3) is 0 Å². The van der Waals surface area contributed by atoms with Gasteiger partial charge in [0.15, 0.2) is 5.54 Å². The lowest BCUT2D eigenvalue weighted by Gasteiger charge is -2.31. The Bertz CT molecular complexity index is 615. The van der Waals surface area contributed by atoms with E-state index in [1.807, 2.05) is 0 Å². The van der Waals surface area contributed by atoms with E-state index < -0.39 is 34.0 Å². The number of carboxylic acid groups (broad SMARTS) is 1. The van der Waals surface area contributed by atoms with Gasteiger partial charge in [0.05, 0.1) is 11.5 Å². The van der Waals surface area contributed by atoms with Gasteiger partial charge >= 0.3 is 5.97 Å². The molecule has 1 aromatic carbocycles. The Morgan fingerprint density at radius 3 is 2.45 bits per heavy atom. The van der Waals surface area contributed by atoms with E-state index in [0.717, 1.165) is 28.6 Å². The quantitative estimate of drug-likeness (QED) is 0.841. The van der Waals surface area contributed by atoms with Crippen LogP contribution in [0, 0.1) is 5.82 Å². The molecule has 6 nitrogen and oxygen atoms in total. The van der Waals surface area contributed by atoms with Crippen molar-refractivity contribution in [1.29, 1.82) is 0 Å². The van der Waals surface area contributed by atoms with E-state index in [4.69, 9.17) is 0 Å². The molecule has 1 unspecified atom stereocenters. The number of aliphatic hydroxyl groups excluding tert-OH is 1. The van der Waals surface area contributed by atoms with Gasteiger partial charge in [-0.15, -0.1) is 0 Å². The van der Waals surface area contributed by atoms with Crippen molar-refractivity contribution in [2.75, 3.05) is 13.2 Å². The van der Waals surface area contributed by atoms with E-state index in [-0.39, 0.29) is 17.9 Å². The minimum Gasteiger partial charge on any atom is -0.480 e. The lowest BCUT2D eigenvalue weighted by atomic mass is 9.99. The molecule has 0 aromatic heterocycles. The Balaban J connectivity index is 2.48. The van der Waals surface area contributed by atoms with Crippen LogP contribution in [-0.2, 0) is 14.8 Å². The van der Waals surface area contributed by atoms with Crippen molar-refractivity contribution in [2.24, 2.45) is 0 Å². The summed E-state index contributed by atoms with van der Waals surface area (Å²) in [6.07, 6.45) is 0.381. The van der Waals surface area contributed by atoms with Crippen LogP contribution in [-0.4, -0.2) is 47.6 Å². The summed E-state index contributed by atoms with van der Waals surface area (Å²) in [5.41, 5.74) is -1.84. The van der Waals surface area contributed by atoms with Crippen LogP contribution in [0.4, 0.5) is 4.39 Å². The number of sulfonamides is 1. The molecule has 110 valence electrons. The lowest BCUT2D eigenvalue weighted by Crippen LogP contribution is -2.55. The summed E-state index contributed by atoms with van der Waals surface area (Å²) in [6.45, 7) is -0.796. The molecule has 0 spiro atoms. The molecule has 0 bridgehead atoms. The fourth-order valence-electron chi connectivity index (χ4n) is 2.38. The van der Waals surface area contributed by atoms with Crippen LogP contribution < -0.4 is 0 Å². The average Bonchev–Trinajstić information content (AvgIpc) is 2.85. The zero-order valence-electron chi connectivity index (χ0n) is 10.5. The highest BCUT2D eigenvalue weighted by Crippen LogP contribution is 2.34. The Morgan fingerprint density at radius 1 is 1.35 bits per heavy atom. The first-order valence-corrected chi connectivity index (χ1v) is 7.41. The summed E-state index contributed by atoms with van der Waals surface area (Å²) in [5.74, 6) is -1.97. The van der Waals surface area contributed by atoms with Gasteiger partial charge in [-0.1, -0.05) is 0 Å². The molecular formula is C12H14FNO5S. The number of rotatable bonds is 4. The van der Waals surface area contributed by atoms with Gasteiger partial charge in [-0.3, -0.25) is 4.79 Å². The standard InChI is InChI=1S/C12H14FNO5S/c13-9-2-4-10(5-3-9)20(18,19)14-7-1-6-12(14,8-15)11(16)17/h2-5,15H,1,6-8H2,(H,16,17). The van der Waals surface area contributed by atoms with Crippen LogP contribution >= 0.6 is 0 Å². The van der Waals surface area contributed by atoms with Gasteiger partial charge in [0.1, 0.15) is 5.82 Å². The molecule has 0 radical (unpaired) electrons. The monoisotopic (exact) mass is 303 g/mol. The molecule has 20 heavy (non-hydrogen) atoms. The first-order chi connectivity index (χ1) is 9.34. The maximum absolute atomic E-state index is 12.9. The molecule has 1 heterocycles. The Labute approximate surface area is 115 Å². The third kappa shape index (κ3) is 2.19. The van der Waals surface area contributed by atoms with E-state index in [1.165, 1.54) is 0 Å². The van der Waals surface area contributed by atoms with Gasteiger partial charge in [-0.25, -0.2) is 12.8 Å². The van der Waals surface area contributed by atoms with Crippen molar-refractivity contribution < 1.29 is 27.8 Å². The molecular weight excluding hydrogens is 289 g/mol. The van der Waals surface area contributed by atoms with Crippen LogP contribution in [0.15, 0.2) is 29.2 Å². The van der Waals surface area contributed by atoms with Crippen LogP contribution in [0.5, 0.6) is 0 Å². The van der Waals surface area contributed by atoms with E-state index in [2.05, 4.69) is 0 Å². The van der Waals surface area contributed by atoms with Crippen LogP contribution in [0.2, 0.25) is 0 Å². The summed E-state index contributed by atoms with van der Waals surface area (Å²) >= 11 is 0. The summed E-state index contributed by atoms with van der Waals surface area (Å²) in [7, 11) is -4.09. The molecule has 0 amide bonds. The fraction of sp³-hybridized carbons (Fsp3) is 0.417. The van der Waals surface area contributed by atoms with Gasteiger partial charge < -0.3 is 10.2 Å². The Morgan fingerprint density at radius 2 is 1.95 bits per heavy atom. The molecule has 0 saturated carbocycles. The largest absolute Gasteiger partial charge is 0.480 e. The minimum atomic E-state index is -4.09. The molecule has 2 rings (SSSR count). The normalized spacial score (nSPS) is 23.9. The second kappa shape index (κ2) is 5.12. The number of aliphatic hydroxyl groups is 1. The average molecular weight is 303 g/mol. The number of halogens is 1. The van der Waals surface area contributed by atoms with E-state index >= 15 is 0 Å². The maximum Gasteiger partial charge on any atom is 0.327 e. The smallest absolute Gasteiger partial charge is 0.327 e. The van der Waals surface area contributed by atoms with Crippen molar-refractivity contribution in [3.63, 3.8) is 0 Å². The molecule has 8 heteroatoms. The fourth-order valence-corrected chi connectivity index (χ4v) is 4.17. The SMILES string of the molecule is O=C(O)C1(CO)CCCN1S(=O)(=O)c1ccc(F)cc1. The van der Waals surface area contributed by atoms with Crippen molar-refractivity contribution in [3.05, 3.63) is 30.1 Å². The maximum atomic E-state index is 12.9. The molecule has 1 aliphatic heterocycles. The Hall–Kier alpha value is -1.51. The van der Waals surface area contributed by atoms with Crippen molar-refractivity contribution in [3.8, 4) is 0 Å². The van der Waals surface area contributed by atoms with Gasteiger partial charge in [-0.2, -0.15) is 4.31 Å². The van der Waals surface area contributed by atoms with Crippen molar-refractivity contribution in [2.45, 2.75) is 23.3 Å². The molecule has 1 atom stereocenters. The first-order valence-electron chi connectivity index (χ1n) is 5.97. The third-order valence-electron chi connectivity index (χ3n) is 3.49. The molecule has 1 aliphatic rings. The zero-order valence-corrected chi connectivity index (χ0v) is 11.3. The highest BCUT2D eigenvalue weighted by atomic mass is 32.2. The number of nitrogens with zero attached hydrogens (tertiary/aromatic N) is 1. The molecule has 2 N–H and O–H groups in total. The van der Waals surface area contributed by atoms with E-state index in [0.29, 0.717) is 6.42 Å². The topological polar surface area (TPSA) is 94.9 Å². The predicted molar refractivity (Wildman–Crippen MR) is 67.0 cm³/mol. The minimum absolute atomic E-state index is 0.00652. The number of aliphatic carboxylic acids is 1. The molecule has 1 fully saturated rings. The molecule has 1 saturated heterocycles. The van der Waals surface area contributed by atoms with Gasteiger partial charge in [-0.05, 0) is 37.1 Å². The molecule has 1 aromatic rings. The van der Waals surface area contributed by atoms with Crippen molar-refractivity contribution >= 4 is 16.0 Å². The first kappa shape index (κ1) is 14.9. The number of benzene rings is 1. The highest BCUT2D eigenvalue weighted by Gasteiger charge is 2.53. The van der Waals surface area contributed by atoms with Crippen LogP contribution in [0.25, 0.3) is 0 Å². The summed E-state index contributed by atoms with van der Waals surface area (Å²) in [4.78, 5) is 11.2. The summed E-state index contributed by atoms with van der Waals surface area (Å²) in [6, 6.07) is 4.13. The number of carboxylic acids is 1. The van der Waals surface area contributed by atoms with Crippen LogP contribution in [0.1, 0.15) is 12.8 Å². The van der Waals surface area contributed by atoms with E-state index in [9.17, 15) is 27.8 Å². The van der Waals surface area contributed by atoms with Crippen molar-refractivity contribution in [1.82, 2.24) is 4.31 Å². The van der Waals surface area contributed by atoms with Gasteiger partial charge in [0, 0.05) is 6.54 Å². The third-order valence-corrected chi connectivity index (χ3v) is 5.47. The highest BCUT2D eigenvalue weighted by molar-refractivity contribution is 7.89. The molecule has 0 aliphatic carbocycles. The number of hydrogen-bond acceptors (Lipinski definition) is 4. The lowest BCUT2D eigenvalue weighted by molar-refractivity contribution is -0.149. The Kier molecular flexibility index (Phi) is 3.81.